The van der Waals surface area contributed by atoms with Gasteiger partial charge in [-0.05, 0) is 43.2 Å². The van der Waals surface area contributed by atoms with Crippen molar-refractivity contribution in [3.63, 3.8) is 0 Å². The number of carbonyl (C=O) groups is 2. The number of para-hydroxylation sites is 1. The van der Waals surface area contributed by atoms with Gasteiger partial charge in [0.2, 0.25) is 5.91 Å². The summed E-state index contributed by atoms with van der Waals surface area (Å²) in [4.78, 5) is 27.3. The molecule has 0 radical (unpaired) electrons. The minimum absolute atomic E-state index is 0.0743. The second kappa shape index (κ2) is 7.80. The lowest BCUT2D eigenvalue weighted by Gasteiger charge is -2.35. The van der Waals surface area contributed by atoms with Crippen molar-refractivity contribution >= 4 is 11.8 Å². The molecule has 1 aliphatic carbocycles. The molecule has 1 atom stereocenters. The molecule has 2 aromatic carbocycles. The molecule has 0 bridgehead atoms. The molecule has 1 heterocycles. The maximum absolute atomic E-state index is 13.1. The molecule has 6 heteroatoms. The van der Waals surface area contributed by atoms with Crippen molar-refractivity contribution in [2.24, 2.45) is 0 Å². The summed E-state index contributed by atoms with van der Waals surface area (Å²) < 4.78 is 5.83. The molecule has 1 saturated carbocycles. The third-order valence-electron chi connectivity index (χ3n) is 4.79. The van der Waals surface area contributed by atoms with Gasteiger partial charge in [-0.2, -0.15) is 0 Å². The van der Waals surface area contributed by atoms with Gasteiger partial charge in [-0.15, -0.1) is 0 Å². The fourth-order valence-corrected chi connectivity index (χ4v) is 3.19. The predicted octanol–water partition coefficient (Wildman–Crippen LogP) is 2.17. The Balaban J connectivity index is 1.50. The summed E-state index contributed by atoms with van der Waals surface area (Å²) >= 11 is 0. The first-order chi connectivity index (χ1) is 13.2. The van der Waals surface area contributed by atoms with Gasteiger partial charge in [-0.25, -0.2) is 0 Å². The Kier molecular flexibility index (Phi) is 5.07. The van der Waals surface area contributed by atoms with Gasteiger partial charge in [-0.3, -0.25) is 9.59 Å². The fourth-order valence-electron chi connectivity index (χ4n) is 3.19. The molecule has 1 aliphatic heterocycles. The van der Waals surface area contributed by atoms with Crippen LogP contribution in [0.1, 0.15) is 23.2 Å². The van der Waals surface area contributed by atoms with Gasteiger partial charge in [-0.1, -0.05) is 24.3 Å². The van der Waals surface area contributed by atoms with Crippen molar-refractivity contribution in [1.29, 1.82) is 0 Å². The van der Waals surface area contributed by atoms with Gasteiger partial charge < -0.3 is 20.3 Å². The van der Waals surface area contributed by atoms with Crippen LogP contribution in [0.25, 0.3) is 0 Å². The van der Waals surface area contributed by atoms with Crippen LogP contribution >= 0.6 is 0 Å². The van der Waals surface area contributed by atoms with Gasteiger partial charge in [0.1, 0.15) is 17.5 Å². The highest BCUT2D eigenvalue weighted by molar-refractivity contribution is 5.98. The summed E-state index contributed by atoms with van der Waals surface area (Å²) in [6.07, 6.45) is 2.05. The Hall–Kier alpha value is -2.86. The number of amides is 2. The van der Waals surface area contributed by atoms with Crippen molar-refractivity contribution in [2.75, 3.05) is 19.6 Å². The summed E-state index contributed by atoms with van der Waals surface area (Å²) in [5.41, 5.74) is 0.523. The Labute approximate surface area is 158 Å². The first kappa shape index (κ1) is 17.5. The van der Waals surface area contributed by atoms with E-state index in [4.69, 9.17) is 4.74 Å². The van der Waals surface area contributed by atoms with E-state index in [0.29, 0.717) is 36.7 Å². The molecule has 2 aromatic rings. The molecule has 2 aliphatic rings. The number of nitrogens with one attached hydrogen (secondary N) is 2. The number of hydrogen-bond acceptors (Lipinski definition) is 4. The maximum Gasteiger partial charge on any atom is 0.254 e. The number of hydrogen-bond donors (Lipinski definition) is 2. The van der Waals surface area contributed by atoms with Crippen molar-refractivity contribution < 1.29 is 14.3 Å². The van der Waals surface area contributed by atoms with E-state index in [1.807, 2.05) is 36.4 Å². The zero-order valence-electron chi connectivity index (χ0n) is 15.1. The van der Waals surface area contributed by atoms with Crippen LogP contribution < -0.4 is 15.4 Å². The van der Waals surface area contributed by atoms with Crippen LogP contribution in [0.3, 0.4) is 0 Å². The van der Waals surface area contributed by atoms with Gasteiger partial charge in [0, 0.05) is 31.2 Å². The normalized spacial score (nSPS) is 19.4. The van der Waals surface area contributed by atoms with Crippen LogP contribution in [0.15, 0.2) is 54.6 Å². The van der Waals surface area contributed by atoms with Gasteiger partial charge in [0.15, 0.2) is 0 Å². The summed E-state index contributed by atoms with van der Waals surface area (Å²) in [6, 6.07) is 16.3. The molecular formula is C21H23N3O3. The third kappa shape index (κ3) is 4.28. The van der Waals surface area contributed by atoms with E-state index < -0.39 is 6.04 Å². The number of nitrogens with zero attached hydrogens (tertiary/aromatic N) is 1. The molecular weight excluding hydrogens is 342 g/mol. The van der Waals surface area contributed by atoms with Crippen molar-refractivity contribution in [3.8, 4) is 11.5 Å². The number of benzene rings is 2. The quantitative estimate of drug-likeness (QED) is 0.852. The van der Waals surface area contributed by atoms with Crippen LogP contribution in [-0.4, -0.2) is 48.4 Å². The Bertz CT molecular complexity index is 820. The average Bonchev–Trinajstić information content (AvgIpc) is 3.52. The molecule has 2 fully saturated rings. The van der Waals surface area contributed by atoms with E-state index in [2.05, 4.69) is 10.6 Å². The first-order valence-corrected chi connectivity index (χ1v) is 9.36. The molecule has 0 aromatic heterocycles. The van der Waals surface area contributed by atoms with Gasteiger partial charge >= 0.3 is 0 Å². The monoisotopic (exact) mass is 365 g/mol. The summed E-state index contributed by atoms with van der Waals surface area (Å²) in [6.45, 7) is 1.66. The first-order valence-electron chi connectivity index (χ1n) is 9.36. The Morgan fingerprint density at radius 1 is 1.04 bits per heavy atom. The molecule has 0 spiro atoms. The zero-order chi connectivity index (χ0) is 18.6. The van der Waals surface area contributed by atoms with Gasteiger partial charge in [0.05, 0.1) is 0 Å². The van der Waals surface area contributed by atoms with E-state index in [-0.39, 0.29) is 17.9 Å². The molecule has 2 N–H and O–H groups in total. The lowest BCUT2D eigenvalue weighted by molar-refractivity contribution is -0.126. The van der Waals surface area contributed by atoms with Crippen LogP contribution in [0.4, 0.5) is 0 Å². The predicted molar refractivity (Wildman–Crippen MR) is 102 cm³/mol. The molecule has 0 unspecified atom stereocenters. The van der Waals surface area contributed by atoms with E-state index in [1.165, 1.54) is 0 Å². The van der Waals surface area contributed by atoms with Crippen molar-refractivity contribution in [1.82, 2.24) is 15.5 Å². The summed E-state index contributed by atoms with van der Waals surface area (Å²) in [5.74, 6) is 1.09. The fraction of sp³-hybridized carbons (Fsp3) is 0.333. The lowest BCUT2D eigenvalue weighted by Crippen LogP contribution is -2.59. The highest BCUT2D eigenvalue weighted by atomic mass is 16.5. The van der Waals surface area contributed by atoms with Crippen LogP contribution in [0, 0.1) is 0 Å². The SMILES string of the molecule is O=C(NC1CC1)[C@@H]1CNCCN1C(=O)c1cccc(Oc2ccccc2)c1. The Morgan fingerprint density at radius 3 is 2.59 bits per heavy atom. The minimum Gasteiger partial charge on any atom is -0.457 e. The van der Waals surface area contributed by atoms with E-state index in [9.17, 15) is 9.59 Å². The standard InChI is InChI=1S/C21H23N3O3/c25-20(23-16-9-10-16)19-14-22-11-12-24(19)21(26)15-5-4-8-18(13-15)27-17-6-2-1-3-7-17/h1-8,13,16,19,22H,9-12,14H2,(H,23,25)/t19-/m0/s1. The molecule has 27 heavy (non-hydrogen) atoms. The smallest absolute Gasteiger partial charge is 0.254 e. The number of rotatable bonds is 5. The average molecular weight is 365 g/mol. The number of carbonyl (C=O) groups excluding carboxylic acids is 2. The molecule has 1 saturated heterocycles. The van der Waals surface area contributed by atoms with Crippen LogP contribution in [0.5, 0.6) is 11.5 Å². The minimum atomic E-state index is -0.481. The maximum atomic E-state index is 13.1. The second-order valence-electron chi connectivity index (χ2n) is 6.94. The second-order valence-corrected chi connectivity index (χ2v) is 6.94. The van der Waals surface area contributed by atoms with Crippen molar-refractivity contribution in [3.05, 3.63) is 60.2 Å². The summed E-state index contributed by atoms with van der Waals surface area (Å²) in [7, 11) is 0. The lowest BCUT2D eigenvalue weighted by atomic mass is 10.1. The molecule has 2 amide bonds. The summed E-state index contributed by atoms with van der Waals surface area (Å²) in [5, 5.41) is 6.22. The largest absolute Gasteiger partial charge is 0.457 e. The molecule has 6 nitrogen and oxygen atoms in total. The van der Waals surface area contributed by atoms with E-state index in [0.717, 1.165) is 12.8 Å². The Morgan fingerprint density at radius 2 is 1.81 bits per heavy atom. The topological polar surface area (TPSA) is 70.7 Å². The van der Waals surface area contributed by atoms with Crippen molar-refractivity contribution in [2.45, 2.75) is 24.9 Å². The number of ether oxygens (including phenoxy) is 1. The third-order valence-corrected chi connectivity index (χ3v) is 4.79. The van der Waals surface area contributed by atoms with E-state index >= 15 is 0 Å². The molecule has 4 rings (SSSR count). The zero-order valence-corrected chi connectivity index (χ0v) is 15.1. The highest BCUT2D eigenvalue weighted by Crippen LogP contribution is 2.23. The van der Waals surface area contributed by atoms with E-state index in [1.54, 1.807) is 23.1 Å². The highest BCUT2D eigenvalue weighted by Gasteiger charge is 2.35. The van der Waals surface area contributed by atoms with Gasteiger partial charge in [0.25, 0.3) is 5.91 Å². The van der Waals surface area contributed by atoms with Crippen LogP contribution in [0.2, 0.25) is 0 Å². The number of piperazine rings is 1. The molecule has 140 valence electrons. The van der Waals surface area contributed by atoms with Crippen LogP contribution in [-0.2, 0) is 4.79 Å².